The molecule has 0 aliphatic carbocycles. The topological polar surface area (TPSA) is 78.3 Å². The zero-order chi connectivity index (χ0) is 10.7. The summed E-state index contributed by atoms with van der Waals surface area (Å²) < 4.78 is 9.79. The maximum atomic E-state index is 11.4. The number of hydrogen-bond acceptors (Lipinski definition) is 5. The molecule has 1 rings (SSSR count). The van der Waals surface area contributed by atoms with Gasteiger partial charge in [0.25, 0.3) is 6.01 Å². The zero-order valence-electron chi connectivity index (χ0n) is 8.53. The van der Waals surface area contributed by atoms with Crippen LogP contribution in [0, 0.1) is 0 Å². The van der Waals surface area contributed by atoms with Crippen LogP contribution >= 0.6 is 0 Å². The molecule has 0 atom stereocenters. The van der Waals surface area contributed by atoms with E-state index in [1.165, 1.54) is 0 Å². The van der Waals surface area contributed by atoms with Crippen molar-refractivity contribution in [3.8, 4) is 0 Å². The number of rotatable bonds is 3. The molecular weight excluding hydrogens is 184 g/mol. The molecule has 1 heterocycles. The number of anilines is 1. The average Bonchev–Trinajstić information content (AvgIpc) is 2.48. The molecule has 0 spiro atoms. The first-order valence-corrected chi connectivity index (χ1v) is 4.49. The van der Waals surface area contributed by atoms with E-state index in [0.717, 1.165) is 0 Å². The largest absolute Gasteiger partial charge is 0.460 e. The Hall–Kier alpha value is -1.52. The Bertz CT molecular complexity index is 331. The number of hydrogen-bond donors (Lipinski definition) is 1. The van der Waals surface area contributed by atoms with Crippen molar-refractivity contribution in [2.75, 3.05) is 12.3 Å². The average molecular weight is 198 g/mol. The number of aromatic nitrogens is 1. The van der Waals surface area contributed by atoms with E-state index in [1.54, 1.807) is 6.92 Å². The van der Waals surface area contributed by atoms with Crippen LogP contribution in [0.25, 0.3) is 0 Å². The molecule has 0 unspecified atom stereocenters. The van der Waals surface area contributed by atoms with Crippen molar-refractivity contribution in [1.29, 1.82) is 0 Å². The van der Waals surface area contributed by atoms with Crippen molar-refractivity contribution >= 4 is 12.0 Å². The van der Waals surface area contributed by atoms with Crippen LogP contribution < -0.4 is 5.73 Å². The molecular formula is C9H14N2O3. The Labute approximate surface area is 82.2 Å². The second-order valence-electron chi connectivity index (χ2n) is 3.14. The smallest absolute Gasteiger partial charge is 0.376 e. The predicted molar refractivity (Wildman–Crippen MR) is 51.0 cm³/mol. The van der Waals surface area contributed by atoms with Gasteiger partial charge in [0.2, 0.25) is 5.76 Å². The molecule has 1 aromatic heterocycles. The molecule has 2 N–H and O–H groups in total. The molecule has 78 valence electrons. The Morgan fingerprint density at radius 3 is 2.79 bits per heavy atom. The number of carbonyl (C=O) groups excluding carboxylic acids is 1. The third-order valence-corrected chi connectivity index (χ3v) is 1.68. The molecule has 1 aromatic rings. The Balaban J connectivity index is 3.00. The summed E-state index contributed by atoms with van der Waals surface area (Å²) in [4.78, 5) is 15.3. The highest BCUT2D eigenvalue weighted by Crippen LogP contribution is 2.21. The van der Waals surface area contributed by atoms with Crippen molar-refractivity contribution in [2.45, 2.75) is 26.7 Å². The highest BCUT2D eigenvalue weighted by atomic mass is 16.5. The minimum absolute atomic E-state index is 0.00301. The van der Waals surface area contributed by atoms with Gasteiger partial charge in [-0.1, -0.05) is 13.8 Å². The highest BCUT2D eigenvalue weighted by molar-refractivity contribution is 5.88. The lowest BCUT2D eigenvalue weighted by atomic mass is 10.1. The molecule has 0 aliphatic rings. The lowest BCUT2D eigenvalue weighted by Gasteiger charge is -2.02. The molecule has 5 heteroatoms. The molecule has 0 fully saturated rings. The van der Waals surface area contributed by atoms with Gasteiger partial charge in [-0.2, -0.15) is 4.98 Å². The summed E-state index contributed by atoms with van der Waals surface area (Å²) in [6, 6.07) is -0.00301. The van der Waals surface area contributed by atoms with Crippen molar-refractivity contribution in [3.05, 3.63) is 11.5 Å². The summed E-state index contributed by atoms with van der Waals surface area (Å²) >= 11 is 0. The molecule has 0 amide bonds. The fraction of sp³-hybridized carbons (Fsp3) is 0.556. The summed E-state index contributed by atoms with van der Waals surface area (Å²) in [5.74, 6) is -0.324. The maximum Gasteiger partial charge on any atom is 0.376 e. The van der Waals surface area contributed by atoms with Gasteiger partial charge in [-0.25, -0.2) is 4.79 Å². The first-order chi connectivity index (χ1) is 6.56. The maximum absolute atomic E-state index is 11.4. The second kappa shape index (κ2) is 4.13. The monoisotopic (exact) mass is 198 g/mol. The van der Waals surface area contributed by atoms with Crippen LogP contribution in [0.15, 0.2) is 4.42 Å². The molecule has 0 radical (unpaired) electrons. The van der Waals surface area contributed by atoms with Gasteiger partial charge in [0.15, 0.2) is 0 Å². The molecule has 0 bridgehead atoms. The van der Waals surface area contributed by atoms with Crippen molar-refractivity contribution < 1.29 is 13.9 Å². The van der Waals surface area contributed by atoms with Gasteiger partial charge >= 0.3 is 5.97 Å². The van der Waals surface area contributed by atoms with Gasteiger partial charge < -0.3 is 14.9 Å². The highest BCUT2D eigenvalue weighted by Gasteiger charge is 2.22. The minimum Gasteiger partial charge on any atom is -0.460 e. The number of carbonyl (C=O) groups is 1. The van der Waals surface area contributed by atoms with E-state index in [2.05, 4.69) is 4.98 Å². The quantitative estimate of drug-likeness (QED) is 0.745. The standard InChI is InChI=1S/C9H14N2O3/c1-4-13-8(12)7-6(5(2)3)11-9(10)14-7/h5H,4H2,1-3H3,(H2,10,11). The molecule has 5 nitrogen and oxygen atoms in total. The number of oxazole rings is 1. The number of nitrogen functional groups attached to an aromatic ring is 1. The molecule has 0 aromatic carbocycles. The summed E-state index contributed by atoms with van der Waals surface area (Å²) in [5.41, 5.74) is 5.91. The lowest BCUT2D eigenvalue weighted by molar-refractivity contribution is 0.0489. The van der Waals surface area contributed by atoms with Crippen LogP contribution in [0.3, 0.4) is 0 Å². The van der Waals surface area contributed by atoms with Crippen LogP contribution in [0.1, 0.15) is 42.9 Å². The van der Waals surface area contributed by atoms with Gasteiger partial charge in [-0.05, 0) is 12.8 Å². The first-order valence-electron chi connectivity index (χ1n) is 4.49. The predicted octanol–water partition coefficient (Wildman–Crippen LogP) is 1.56. The van der Waals surface area contributed by atoms with Crippen LogP contribution in [0.4, 0.5) is 6.01 Å². The van der Waals surface area contributed by atoms with E-state index in [9.17, 15) is 4.79 Å². The number of ether oxygens (including phenoxy) is 1. The summed E-state index contributed by atoms with van der Waals surface area (Å²) in [5, 5.41) is 0. The first kappa shape index (κ1) is 10.6. The van der Waals surface area contributed by atoms with E-state index >= 15 is 0 Å². The van der Waals surface area contributed by atoms with Crippen LogP contribution in [0.2, 0.25) is 0 Å². The fourth-order valence-corrected chi connectivity index (χ4v) is 1.08. The van der Waals surface area contributed by atoms with Crippen LogP contribution in [-0.4, -0.2) is 17.6 Å². The fourth-order valence-electron chi connectivity index (χ4n) is 1.08. The number of nitrogens with two attached hydrogens (primary N) is 1. The minimum atomic E-state index is -0.514. The van der Waals surface area contributed by atoms with Gasteiger partial charge in [0.1, 0.15) is 0 Å². The number of esters is 1. The summed E-state index contributed by atoms with van der Waals surface area (Å²) in [6.07, 6.45) is 0. The third kappa shape index (κ3) is 2.04. The van der Waals surface area contributed by atoms with Crippen molar-refractivity contribution in [3.63, 3.8) is 0 Å². The van der Waals surface area contributed by atoms with Crippen molar-refractivity contribution in [2.24, 2.45) is 0 Å². The Morgan fingerprint density at radius 1 is 1.64 bits per heavy atom. The van der Waals surface area contributed by atoms with E-state index in [1.807, 2.05) is 13.8 Å². The van der Waals surface area contributed by atoms with Gasteiger partial charge in [0.05, 0.1) is 12.3 Å². The normalized spacial score (nSPS) is 10.6. The van der Waals surface area contributed by atoms with E-state index < -0.39 is 5.97 Å². The van der Waals surface area contributed by atoms with Crippen LogP contribution in [0.5, 0.6) is 0 Å². The molecule has 14 heavy (non-hydrogen) atoms. The molecule has 0 saturated heterocycles. The Kier molecular flexibility index (Phi) is 3.11. The van der Waals surface area contributed by atoms with Gasteiger partial charge in [0, 0.05) is 0 Å². The summed E-state index contributed by atoms with van der Waals surface area (Å²) in [7, 11) is 0. The lowest BCUT2D eigenvalue weighted by Crippen LogP contribution is -2.07. The second-order valence-corrected chi connectivity index (χ2v) is 3.14. The van der Waals surface area contributed by atoms with Crippen LogP contribution in [-0.2, 0) is 4.74 Å². The number of nitrogens with zero attached hydrogens (tertiary/aromatic N) is 1. The molecule has 0 aliphatic heterocycles. The van der Waals surface area contributed by atoms with Gasteiger partial charge in [-0.15, -0.1) is 0 Å². The molecule has 0 saturated carbocycles. The Morgan fingerprint density at radius 2 is 2.29 bits per heavy atom. The SMILES string of the molecule is CCOC(=O)c1oc(N)nc1C(C)C. The van der Waals surface area contributed by atoms with Crippen molar-refractivity contribution in [1.82, 2.24) is 4.98 Å². The zero-order valence-corrected chi connectivity index (χ0v) is 8.53. The van der Waals surface area contributed by atoms with E-state index in [0.29, 0.717) is 12.3 Å². The summed E-state index contributed by atoms with van der Waals surface area (Å²) in [6.45, 7) is 5.84. The van der Waals surface area contributed by atoms with E-state index in [-0.39, 0.29) is 17.7 Å². The van der Waals surface area contributed by atoms with E-state index in [4.69, 9.17) is 14.9 Å². The third-order valence-electron chi connectivity index (χ3n) is 1.68. The van der Waals surface area contributed by atoms with Gasteiger partial charge in [-0.3, -0.25) is 0 Å².